The molecule has 5 nitrogen and oxygen atoms in total. The smallest absolute Gasteiger partial charge is 0.0478 e. The van der Waals surface area contributed by atoms with Crippen LogP contribution >= 0.6 is 0 Å². The molecular weight excluding hydrogens is 216 g/mol. The SMILES string of the molecule is NC1CCC(N)CC1.NCCCOCCCN. The zero-order valence-electron chi connectivity index (χ0n) is 10.9. The highest BCUT2D eigenvalue weighted by Crippen LogP contribution is 2.14. The van der Waals surface area contributed by atoms with E-state index in [-0.39, 0.29) is 0 Å². The van der Waals surface area contributed by atoms with E-state index in [1.165, 1.54) is 0 Å². The molecule has 0 aromatic heterocycles. The first kappa shape index (κ1) is 16.8. The molecule has 0 unspecified atom stereocenters. The van der Waals surface area contributed by atoms with Crippen LogP contribution in [0.5, 0.6) is 0 Å². The number of rotatable bonds is 6. The number of hydrogen-bond acceptors (Lipinski definition) is 5. The fourth-order valence-corrected chi connectivity index (χ4v) is 1.62. The van der Waals surface area contributed by atoms with Crippen LogP contribution in [0, 0.1) is 0 Å². The molecule has 0 bridgehead atoms. The Balaban J connectivity index is 0.000000302. The molecule has 0 aliphatic heterocycles. The molecule has 17 heavy (non-hydrogen) atoms. The Bertz CT molecular complexity index is 133. The fraction of sp³-hybridized carbons (Fsp3) is 1.00. The minimum Gasteiger partial charge on any atom is -0.381 e. The largest absolute Gasteiger partial charge is 0.381 e. The van der Waals surface area contributed by atoms with Crippen LogP contribution in [0.4, 0.5) is 0 Å². The summed E-state index contributed by atoms with van der Waals surface area (Å²) in [5.41, 5.74) is 21.8. The van der Waals surface area contributed by atoms with Crippen molar-refractivity contribution in [2.75, 3.05) is 26.3 Å². The van der Waals surface area contributed by atoms with Gasteiger partial charge in [0.2, 0.25) is 0 Å². The molecule has 0 amide bonds. The molecule has 1 aliphatic rings. The van der Waals surface area contributed by atoms with Crippen molar-refractivity contribution in [1.82, 2.24) is 0 Å². The van der Waals surface area contributed by atoms with Gasteiger partial charge in [0.05, 0.1) is 0 Å². The lowest BCUT2D eigenvalue weighted by atomic mass is 9.93. The van der Waals surface area contributed by atoms with Gasteiger partial charge >= 0.3 is 0 Å². The summed E-state index contributed by atoms with van der Waals surface area (Å²) in [5.74, 6) is 0. The maximum atomic E-state index is 5.64. The molecule has 0 spiro atoms. The number of ether oxygens (including phenoxy) is 1. The zero-order chi connectivity index (χ0) is 12.9. The average molecular weight is 246 g/mol. The molecule has 0 atom stereocenters. The van der Waals surface area contributed by atoms with Crippen LogP contribution in [0.1, 0.15) is 38.5 Å². The molecule has 1 saturated carbocycles. The van der Waals surface area contributed by atoms with Crippen LogP contribution in [-0.4, -0.2) is 38.4 Å². The van der Waals surface area contributed by atoms with Crippen molar-refractivity contribution >= 4 is 0 Å². The lowest BCUT2D eigenvalue weighted by molar-refractivity contribution is 0.132. The van der Waals surface area contributed by atoms with Crippen molar-refractivity contribution < 1.29 is 4.74 Å². The van der Waals surface area contributed by atoms with Gasteiger partial charge in [-0.2, -0.15) is 0 Å². The van der Waals surface area contributed by atoms with Crippen molar-refractivity contribution in [3.8, 4) is 0 Å². The molecule has 0 saturated heterocycles. The number of nitrogens with two attached hydrogens (primary N) is 4. The Morgan fingerprint density at radius 2 is 1.12 bits per heavy atom. The normalized spacial score (nSPS) is 24.0. The molecule has 0 heterocycles. The second-order valence-corrected chi connectivity index (χ2v) is 4.57. The summed E-state index contributed by atoms with van der Waals surface area (Å²) in [5, 5.41) is 0. The highest BCUT2D eigenvalue weighted by Gasteiger charge is 2.13. The summed E-state index contributed by atoms with van der Waals surface area (Å²) in [6.07, 6.45) is 6.40. The summed E-state index contributed by atoms with van der Waals surface area (Å²) in [7, 11) is 0. The van der Waals surface area contributed by atoms with Crippen LogP contribution in [0.2, 0.25) is 0 Å². The Morgan fingerprint density at radius 3 is 1.41 bits per heavy atom. The summed E-state index contributed by atoms with van der Waals surface area (Å²) in [6, 6.07) is 0.879. The quantitative estimate of drug-likeness (QED) is 0.489. The van der Waals surface area contributed by atoms with Crippen molar-refractivity contribution in [2.24, 2.45) is 22.9 Å². The summed E-state index contributed by atoms with van der Waals surface area (Å²) < 4.78 is 5.15. The second kappa shape index (κ2) is 12.3. The van der Waals surface area contributed by atoms with Crippen molar-refractivity contribution in [3.05, 3.63) is 0 Å². The van der Waals surface area contributed by atoms with E-state index in [4.69, 9.17) is 27.7 Å². The standard InChI is InChI=1S/C6H16N2O.C6H14N2/c7-3-1-5-9-6-2-4-8;7-5-1-2-6(8)4-3-5/h1-8H2;5-6H,1-4,7-8H2. The maximum Gasteiger partial charge on any atom is 0.0478 e. The van der Waals surface area contributed by atoms with Crippen LogP contribution in [0.25, 0.3) is 0 Å². The first-order valence-electron chi connectivity index (χ1n) is 6.69. The predicted molar refractivity (Wildman–Crippen MR) is 72.6 cm³/mol. The van der Waals surface area contributed by atoms with Crippen LogP contribution in [0.15, 0.2) is 0 Å². The van der Waals surface area contributed by atoms with E-state index in [0.717, 1.165) is 51.7 Å². The fourth-order valence-electron chi connectivity index (χ4n) is 1.62. The molecule has 5 heteroatoms. The van der Waals surface area contributed by atoms with Gasteiger partial charge in [0.25, 0.3) is 0 Å². The van der Waals surface area contributed by atoms with Gasteiger partial charge in [-0.05, 0) is 51.6 Å². The van der Waals surface area contributed by atoms with Gasteiger partial charge < -0.3 is 27.7 Å². The molecule has 1 aliphatic carbocycles. The second-order valence-electron chi connectivity index (χ2n) is 4.57. The molecule has 1 rings (SSSR count). The van der Waals surface area contributed by atoms with Crippen LogP contribution in [-0.2, 0) is 4.74 Å². The van der Waals surface area contributed by atoms with E-state index in [1.54, 1.807) is 0 Å². The van der Waals surface area contributed by atoms with E-state index in [9.17, 15) is 0 Å². The molecule has 104 valence electrons. The van der Waals surface area contributed by atoms with E-state index < -0.39 is 0 Å². The van der Waals surface area contributed by atoms with E-state index >= 15 is 0 Å². The molecule has 8 N–H and O–H groups in total. The Morgan fingerprint density at radius 1 is 0.765 bits per heavy atom. The third kappa shape index (κ3) is 12.1. The van der Waals surface area contributed by atoms with E-state index in [1.807, 2.05) is 0 Å². The molecule has 0 radical (unpaired) electrons. The van der Waals surface area contributed by atoms with E-state index in [2.05, 4.69) is 0 Å². The van der Waals surface area contributed by atoms with Crippen molar-refractivity contribution in [3.63, 3.8) is 0 Å². The van der Waals surface area contributed by atoms with Crippen molar-refractivity contribution in [2.45, 2.75) is 50.6 Å². The third-order valence-electron chi connectivity index (χ3n) is 2.80. The highest BCUT2D eigenvalue weighted by molar-refractivity contribution is 4.75. The maximum absolute atomic E-state index is 5.64. The van der Waals surface area contributed by atoms with Crippen LogP contribution in [0.3, 0.4) is 0 Å². The molecule has 1 fully saturated rings. The van der Waals surface area contributed by atoms with Gasteiger partial charge in [-0.3, -0.25) is 0 Å². The number of hydrogen-bond donors (Lipinski definition) is 4. The van der Waals surface area contributed by atoms with Gasteiger partial charge in [-0.1, -0.05) is 0 Å². The third-order valence-corrected chi connectivity index (χ3v) is 2.80. The zero-order valence-corrected chi connectivity index (χ0v) is 10.9. The van der Waals surface area contributed by atoms with Gasteiger partial charge in [-0.25, -0.2) is 0 Å². The van der Waals surface area contributed by atoms with Gasteiger partial charge in [-0.15, -0.1) is 0 Å². The summed E-state index contributed by atoms with van der Waals surface area (Å²) in [6.45, 7) is 2.97. The molecule has 0 aromatic carbocycles. The van der Waals surface area contributed by atoms with Gasteiger partial charge in [0, 0.05) is 25.3 Å². The topological polar surface area (TPSA) is 113 Å². The minimum atomic E-state index is 0.440. The van der Waals surface area contributed by atoms with Crippen LogP contribution < -0.4 is 22.9 Å². The highest BCUT2D eigenvalue weighted by atomic mass is 16.5. The van der Waals surface area contributed by atoms with E-state index in [0.29, 0.717) is 25.2 Å². The van der Waals surface area contributed by atoms with Gasteiger partial charge in [0.15, 0.2) is 0 Å². The molecule has 0 aromatic rings. The monoisotopic (exact) mass is 246 g/mol. The predicted octanol–water partition coefficient (Wildman–Crippen LogP) is -0.0844. The van der Waals surface area contributed by atoms with Gasteiger partial charge in [0.1, 0.15) is 0 Å². The minimum absolute atomic E-state index is 0.440. The molecular formula is C12H30N4O. The average Bonchev–Trinajstić information content (AvgIpc) is 2.34. The Hall–Kier alpha value is -0.200. The first-order valence-corrected chi connectivity index (χ1v) is 6.69. The first-order chi connectivity index (χ1) is 8.20. The lowest BCUT2D eigenvalue weighted by Gasteiger charge is -2.22. The Kier molecular flexibility index (Phi) is 12.1. The van der Waals surface area contributed by atoms with Crippen molar-refractivity contribution in [1.29, 1.82) is 0 Å². The summed E-state index contributed by atoms with van der Waals surface area (Å²) in [4.78, 5) is 0. The lowest BCUT2D eigenvalue weighted by Crippen LogP contribution is -2.33. The Labute approximate surface area is 105 Å². The summed E-state index contributed by atoms with van der Waals surface area (Å²) >= 11 is 0.